The van der Waals surface area contributed by atoms with E-state index in [0.29, 0.717) is 71.9 Å². The third kappa shape index (κ3) is 8.72. The summed E-state index contributed by atoms with van der Waals surface area (Å²) in [6.07, 6.45) is 4.50. The van der Waals surface area contributed by atoms with Crippen LogP contribution in [0.25, 0.3) is 0 Å². The molecule has 3 aromatic carbocycles. The smallest absolute Gasteiger partial charge is 0.254 e. The lowest BCUT2D eigenvalue weighted by Crippen LogP contribution is -2.54. The Morgan fingerprint density at radius 2 is 1.67 bits per heavy atom. The Kier molecular flexibility index (Phi) is 13.5. The molecule has 11 nitrogen and oxygen atoms in total. The van der Waals surface area contributed by atoms with Crippen LogP contribution in [-0.2, 0) is 31.7 Å². The highest BCUT2D eigenvalue weighted by molar-refractivity contribution is 6.42. The number of likely N-dealkylation sites (N-methyl/N-ethyl adjacent to an activating group) is 1. The number of piperidine rings is 1. The molecule has 0 bridgehead atoms. The molecule has 2 heterocycles. The number of amides is 2. The van der Waals surface area contributed by atoms with Gasteiger partial charge in [0, 0.05) is 44.3 Å². The molecule has 55 heavy (non-hydrogen) atoms. The number of carbonyl (C=O) groups is 2. The lowest BCUT2D eigenvalue weighted by Gasteiger charge is -2.46. The van der Waals surface area contributed by atoms with E-state index in [1.165, 1.54) is 32.5 Å². The summed E-state index contributed by atoms with van der Waals surface area (Å²) < 4.78 is 29.8. The number of nitrogens with zero attached hydrogens (tertiary/aromatic N) is 3. The first kappa shape index (κ1) is 41.1. The predicted octanol–water partition coefficient (Wildman–Crippen LogP) is 5.98. The number of benzene rings is 3. The van der Waals surface area contributed by atoms with E-state index in [0.717, 1.165) is 50.9 Å². The Labute approximate surface area is 334 Å². The van der Waals surface area contributed by atoms with E-state index in [1.54, 1.807) is 30.1 Å². The average Bonchev–Trinajstić information content (AvgIpc) is 3.51. The molecule has 0 saturated carbocycles. The van der Waals surface area contributed by atoms with Gasteiger partial charge in [0.1, 0.15) is 12.2 Å². The second-order valence-corrected chi connectivity index (χ2v) is 15.6. The summed E-state index contributed by atoms with van der Waals surface area (Å²) in [6.45, 7) is 4.22. The molecule has 1 spiro atoms. The standard InChI is InChI=1S/C42H53Cl2N3O8/c1-45(16-7-8-21-48)38(49)27-54-37-25-29-9-5-6-10-32(29)41(37)13-17-46(18-14-41)19-15-42(31-11-12-33(43)34(44)26-31)28-47(20-22-55-42)40(50)30-23-35(51-2)39(53-4)36(24-30)52-3/h5-6,9-12,23-24,26,37,48H,7-8,13-22,25,27-28H2,1-4H3/t37-,42-/m0/s1. The molecule has 0 radical (unpaired) electrons. The molecule has 298 valence electrons. The van der Waals surface area contributed by atoms with Crippen LogP contribution in [-0.4, -0.2) is 125 Å². The van der Waals surface area contributed by atoms with Crippen LogP contribution in [0.1, 0.15) is 59.2 Å². The molecule has 3 aromatic rings. The number of ether oxygens (including phenoxy) is 5. The molecule has 2 aliphatic heterocycles. The average molecular weight is 799 g/mol. The van der Waals surface area contributed by atoms with Crippen molar-refractivity contribution in [3.05, 3.63) is 86.9 Å². The zero-order chi connectivity index (χ0) is 39.2. The molecule has 2 amide bonds. The lowest BCUT2D eigenvalue weighted by molar-refractivity contribution is -0.139. The number of hydrogen-bond acceptors (Lipinski definition) is 9. The highest BCUT2D eigenvalue weighted by Crippen LogP contribution is 2.48. The van der Waals surface area contributed by atoms with Gasteiger partial charge in [0.25, 0.3) is 5.91 Å². The van der Waals surface area contributed by atoms with Gasteiger partial charge >= 0.3 is 0 Å². The van der Waals surface area contributed by atoms with Gasteiger partial charge in [-0.25, -0.2) is 0 Å². The van der Waals surface area contributed by atoms with E-state index in [-0.39, 0.29) is 36.5 Å². The van der Waals surface area contributed by atoms with E-state index in [2.05, 4.69) is 29.2 Å². The Balaban J connectivity index is 1.18. The van der Waals surface area contributed by atoms with E-state index in [1.807, 2.05) is 17.0 Å². The van der Waals surface area contributed by atoms with Crippen LogP contribution in [0.15, 0.2) is 54.6 Å². The first-order chi connectivity index (χ1) is 26.6. The summed E-state index contributed by atoms with van der Waals surface area (Å²) in [6, 6.07) is 17.5. The fraction of sp³-hybridized carbons (Fsp3) is 0.524. The summed E-state index contributed by atoms with van der Waals surface area (Å²) in [4.78, 5) is 33.2. The molecular weight excluding hydrogens is 745 g/mol. The summed E-state index contributed by atoms with van der Waals surface area (Å²) >= 11 is 13.0. The van der Waals surface area contributed by atoms with Gasteiger partial charge in [0.15, 0.2) is 11.5 Å². The number of halogens is 2. The van der Waals surface area contributed by atoms with Crippen LogP contribution in [0.4, 0.5) is 0 Å². The molecule has 1 aliphatic carbocycles. The van der Waals surface area contributed by atoms with Crippen molar-refractivity contribution in [2.24, 2.45) is 0 Å². The third-order valence-corrected chi connectivity index (χ3v) is 12.5. The van der Waals surface area contributed by atoms with Gasteiger partial charge in [-0.2, -0.15) is 0 Å². The number of morpholine rings is 1. The van der Waals surface area contributed by atoms with Crippen LogP contribution in [0.5, 0.6) is 17.2 Å². The fourth-order valence-corrected chi connectivity index (χ4v) is 8.84. The Hall–Kier alpha value is -3.58. The molecule has 13 heteroatoms. The van der Waals surface area contributed by atoms with E-state index in [9.17, 15) is 9.59 Å². The van der Waals surface area contributed by atoms with Gasteiger partial charge in [-0.1, -0.05) is 53.5 Å². The maximum absolute atomic E-state index is 14.2. The SMILES string of the molecule is COc1cc(C(=O)N2CCO[C@](CCN3CCC4(CC3)c3ccccc3C[C@@H]4OCC(=O)N(C)CCCCO)(c3ccc(Cl)c(Cl)c3)C2)cc(OC)c1OC. The highest BCUT2D eigenvalue weighted by Gasteiger charge is 2.49. The number of likely N-dealkylation sites (tertiary alicyclic amines) is 1. The molecule has 2 saturated heterocycles. The van der Waals surface area contributed by atoms with E-state index in [4.69, 9.17) is 52.0 Å². The number of unbranched alkanes of at least 4 members (excludes halogenated alkanes) is 1. The number of carbonyl (C=O) groups excluding carboxylic acids is 2. The van der Waals surface area contributed by atoms with Crippen LogP contribution >= 0.6 is 23.2 Å². The van der Waals surface area contributed by atoms with Gasteiger partial charge < -0.3 is 43.5 Å². The zero-order valence-electron chi connectivity index (χ0n) is 32.3. The maximum Gasteiger partial charge on any atom is 0.254 e. The number of hydrogen-bond donors (Lipinski definition) is 1. The minimum Gasteiger partial charge on any atom is -0.493 e. The second kappa shape index (κ2) is 18.1. The lowest BCUT2D eigenvalue weighted by atomic mass is 9.72. The van der Waals surface area contributed by atoms with Crippen molar-refractivity contribution in [1.82, 2.24) is 14.7 Å². The Morgan fingerprint density at radius 3 is 2.35 bits per heavy atom. The Morgan fingerprint density at radius 1 is 0.945 bits per heavy atom. The normalized spacial score (nSPS) is 20.6. The summed E-state index contributed by atoms with van der Waals surface area (Å²) in [5.74, 6) is 1.01. The van der Waals surface area contributed by atoms with Crippen LogP contribution in [0.2, 0.25) is 10.0 Å². The van der Waals surface area contributed by atoms with Crippen molar-refractivity contribution in [1.29, 1.82) is 0 Å². The maximum atomic E-state index is 14.2. The van der Waals surface area contributed by atoms with Crippen molar-refractivity contribution >= 4 is 35.0 Å². The molecule has 0 aromatic heterocycles. The van der Waals surface area contributed by atoms with Gasteiger partial charge in [-0.3, -0.25) is 9.59 Å². The minimum atomic E-state index is -0.840. The van der Waals surface area contributed by atoms with E-state index < -0.39 is 5.60 Å². The first-order valence-corrected chi connectivity index (χ1v) is 19.8. The molecule has 6 rings (SSSR count). The van der Waals surface area contributed by atoms with Crippen molar-refractivity contribution in [2.75, 3.05) is 87.5 Å². The quantitative estimate of drug-likeness (QED) is 0.186. The highest BCUT2D eigenvalue weighted by atomic mass is 35.5. The van der Waals surface area contributed by atoms with Crippen LogP contribution < -0.4 is 14.2 Å². The third-order valence-electron chi connectivity index (χ3n) is 11.7. The van der Waals surface area contributed by atoms with Gasteiger partial charge in [-0.05, 0) is 92.6 Å². The van der Waals surface area contributed by atoms with Gasteiger partial charge in [0.05, 0.1) is 50.6 Å². The monoisotopic (exact) mass is 797 g/mol. The topological polar surface area (TPSA) is 110 Å². The van der Waals surface area contributed by atoms with Gasteiger partial charge in [0.2, 0.25) is 11.7 Å². The second-order valence-electron chi connectivity index (χ2n) is 14.8. The summed E-state index contributed by atoms with van der Waals surface area (Å²) in [7, 11) is 6.38. The van der Waals surface area contributed by atoms with E-state index >= 15 is 0 Å². The van der Waals surface area contributed by atoms with Crippen molar-refractivity contribution in [2.45, 2.75) is 55.6 Å². The van der Waals surface area contributed by atoms with Crippen molar-refractivity contribution in [3.63, 3.8) is 0 Å². The summed E-state index contributed by atoms with van der Waals surface area (Å²) in [5, 5.41) is 10.0. The molecule has 1 N–H and O–H groups in total. The number of rotatable bonds is 15. The molecule has 3 aliphatic rings. The molecule has 2 atom stereocenters. The van der Waals surface area contributed by atoms with Crippen LogP contribution in [0.3, 0.4) is 0 Å². The van der Waals surface area contributed by atoms with Crippen LogP contribution in [0, 0.1) is 0 Å². The summed E-state index contributed by atoms with van der Waals surface area (Å²) in [5.41, 5.74) is 2.87. The first-order valence-electron chi connectivity index (χ1n) is 19.0. The predicted molar refractivity (Wildman–Crippen MR) is 212 cm³/mol. The van der Waals surface area contributed by atoms with Crippen molar-refractivity contribution < 1.29 is 38.4 Å². The number of aliphatic hydroxyl groups is 1. The fourth-order valence-electron chi connectivity index (χ4n) is 8.54. The number of fused-ring (bicyclic) bond motifs is 2. The molecule has 2 fully saturated rings. The number of methoxy groups -OCH3 is 3. The zero-order valence-corrected chi connectivity index (χ0v) is 33.8. The molecular formula is C42H53Cl2N3O8. The van der Waals surface area contributed by atoms with Gasteiger partial charge in [-0.15, -0.1) is 0 Å². The molecule has 0 unspecified atom stereocenters. The Bertz CT molecular complexity index is 1790. The largest absolute Gasteiger partial charge is 0.493 e. The minimum absolute atomic E-state index is 0.0363. The van der Waals surface area contributed by atoms with Crippen molar-refractivity contribution in [3.8, 4) is 17.2 Å². The number of aliphatic hydroxyl groups excluding tert-OH is 1.